The molecule has 1 heterocycles. The van der Waals surface area contributed by atoms with Crippen molar-refractivity contribution < 1.29 is 8.42 Å². The molecule has 0 atom stereocenters. The van der Waals surface area contributed by atoms with Crippen LogP contribution in [-0.2, 0) is 16.4 Å². The summed E-state index contributed by atoms with van der Waals surface area (Å²) in [4.78, 5) is 0.276. The minimum atomic E-state index is -3.75. The first-order valence-electron chi connectivity index (χ1n) is 8.72. The Labute approximate surface area is 169 Å². The summed E-state index contributed by atoms with van der Waals surface area (Å²) in [5.41, 5.74) is 7.10. The molecule has 0 saturated carbocycles. The number of hydrogen-bond acceptors (Lipinski definition) is 5. The van der Waals surface area contributed by atoms with Gasteiger partial charge in [0, 0.05) is 30.4 Å². The van der Waals surface area contributed by atoms with E-state index in [4.69, 9.17) is 5.73 Å². The van der Waals surface area contributed by atoms with Crippen LogP contribution in [0.5, 0.6) is 0 Å². The van der Waals surface area contributed by atoms with Crippen LogP contribution in [0.1, 0.15) is 5.56 Å². The number of nitrogens with zero attached hydrogens (tertiary/aromatic N) is 1. The number of nitrogens with one attached hydrogen (secondary N) is 2. The van der Waals surface area contributed by atoms with Gasteiger partial charge in [0.2, 0.25) is 9.84 Å². The predicted molar refractivity (Wildman–Crippen MR) is 114 cm³/mol. The van der Waals surface area contributed by atoms with Gasteiger partial charge < -0.3 is 11.1 Å². The third-order valence-electron chi connectivity index (χ3n) is 4.54. The van der Waals surface area contributed by atoms with Crippen LogP contribution in [0, 0.1) is 0 Å². The summed E-state index contributed by atoms with van der Waals surface area (Å²) in [6.45, 7) is 1.87. The van der Waals surface area contributed by atoms with Gasteiger partial charge >= 0.3 is 0 Å². The van der Waals surface area contributed by atoms with Crippen molar-refractivity contribution in [3.8, 4) is 0 Å². The highest BCUT2D eigenvalue weighted by Gasteiger charge is 2.25. The molecule has 0 bridgehead atoms. The number of benzene rings is 3. The molecule has 1 aromatic heterocycles. The minimum absolute atomic E-state index is 0. The number of aromatic nitrogens is 2. The van der Waals surface area contributed by atoms with E-state index in [0.717, 1.165) is 10.9 Å². The molecule has 0 fully saturated rings. The first kappa shape index (κ1) is 20.3. The van der Waals surface area contributed by atoms with Crippen LogP contribution >= 0.6 is 12.4 Å². The Hall–Kier alpha value is -2.45. The van der Waals surface area contributed by atoms with Crippen molar-refractivity contribution in [1.29, 1.82) is 0 Å². The maximum absolute atomic E-state index is 13.4. The topological polar surface area (TPSA) is 101 Å². The number of rotatable bonds is 6. The van der Waals surface area contributed by atoms with Crippen LogP contribution in [0.2, 0.25) is 0 Å². The lowest BCUT2D eigenvalue weighted by molar-refractivity contribution is 0.593. The second-order valence-electron chi connectivity index (χ2n) is 6.35. The Kier molecular flexibility index (Phi) is 6.00. The molecular weight excluding hydrogens is 396 g/mol. The van der Waals surface area contributed by atoms with E-state index in [2.05, 4.69) is 15.5 Å². The van der Waals surface area contributed by atoms with Crippen LogP contribution in [-0.4, -0.2) is 31.7 Å². The quantitative estimate of drug-likeness (QED) is 0.419. The second kappa shape index (κ2) is 8.28. The van der Waals surface area contributed by atoms with E-state index in [-0.39, 0.29) is 22.3 Å². The third kappa shape index (κ3) is 3.62. The van der Waals surface area contributed by atoms with E-state index in [1.54, 1.807) is 12.1 Å². The van der Waals surface area contributed by atoms with Crippen LogP contribution in [0.15, 0.2) is 70.6 Å². The molecular formula is C20H21ClN4O2S. The number of nitrogens with two attached hydrogens (primary N) is 1. The zero-order valence-electron chi connectivity index (χ0n) is 15.1. The first-order chi connectivity index (χ1) is 13.1. The molecule has 0 radical (unpaired) electrons. The summed E-state index contributed by atoms with van der Waals surface area (Å²) in [6, 6.07) is 18.4. The Balaban J connectivity index is 0.00000225. The van der Waals surface area contributed by atoms with E-state index < -0.39 is 9.84 Å². The normalized spacial score (nSPS) is 11.6. The molecule has 8 heteroatoms. The van der Waals surface area contributed by atoms with E-state index in [1.807, 2.05) is 48.5 Å². The summed E-state index contributed by atoms with van der Waals surface area (Å²) in [5.74, 6) is 0. The van der Waals surface area contributed by atoms with Crippen molar-refractivity contribution in [2.24, 2.45) is 5.73 Å². The summed E-state index contributed by atoms with van der Waals surface area (Å²) in [7, 11) is -3.75. The van der Waals surface area contributed by atoms with Crippen LogP contribution in [0.25, 0.3) is 21.7 Å². The minimum Gasteiger partial charge on any atom is -0.329 e. The van der Waals surface area contributed by atoms with Crippen molar-refractivity contribution in [3.05, 3.63) is 66.2 Å². The second-order valence-corrected chi connectivity index (χ2v) is 8.21. The highest BCUT2D eigenvalue weighted by Crippen LogP contribution is 2.31. The molecule has 28 heavy (non-hydrogen) atoms. The molecule has 0 aliphatic carbocycles. The standard InChI is InChI=1S/C20H20N4O2S.ClH/c21-10-11-22-13-14-8-9-18-17(12-14)20(24-23-18)27(25,26)19-7-3-5-15-4-1-2-6-16(15)19;/h1-9,12,22H,10-11,13,21H2,(H,23,24);1H. The highest BCUT2D eigenvalue weighted by molar-refractivity contribution is 7.91. The lowest BCUT2D eigenvalue weighted by Crippen LogP contribution is -2.21. The molecule has 6 nitrogen and oxygen atoms in total. The summed E-state index contributed by atoms with van der Waals surface area (Å²) in [6.07, 6.45) is 0. The van der Waals surface area contributed by atoms with Gasteiger partial charge in [0.05, 0.1) is 10.4 Å². The molecule has 0 amide bonds. The van der Waals surface area contributed by atoms with Gasteiger partial charge in [0.1, 0.15) is 0 Å². The SMILES string of the molecule is Cl.NCCNCc1ccc2n[nH]c(S(=O)(=O)c3cccc4ccccc34)c2c1. The smallest absolute Gasteiger partial charge is 0.224 e. The fourth-order valence-corrected chi connectivity index (χ4v) is 4.80. The average Bonchev–Trinajstić information content (AvgIpc) is 3.12. The third-order valence-corrected chi connectivity index (χ3v) is 6.33. The fraction of sp³-hybridized carbons (Fsp3) is 0.150. The van der Waals surface area contributed by atoms with Crippen molar-refractivity contribution in [2.45, 2.75) is 16.5 Å². The Morgan fingerprint density at radius 2 is 1.79 bits per heavy atom. The van der Waals surface area contributed by atoms with E-state index in [0.29, 0.717) is 35.9 Å². The number of H-pyrrole nitrogens is 1. The molecule has 3 aromatic carbocycles. The lowest BCUT2D eigenvalue weighted by atomic mass is 10.1. The molecule has 0 unspecified atom stereocenters. The lowest BCUT2D eigenvalue weighted by Gasteiger charge is -2.08. The monoisotopic (exact) mass is 416 g/mol. The van der Waals surface area contributed by atoms with Gasteiger partial charge in [-0.3, -0.25) is 5.10 Å². The van der Waals surface area contributed by atoms with Gasteiger partial charge in [0.15, 0.2) is 5.03 Å². The zero-order valence-corrected chi connectivity index (χ0v) is 16.7. The molecule has 0 aliphatic rings. The van der Waals surface area contributed by atoms with Gasteiger partial charge in [-0.1, -0.05) is 42.5 Å². The molecule has 4 rings (SSSR count). The number of halogens is 1. The maximum atomic E-state index is 13.4. The van der Waals surface area contributed by atoms with Crippen molar-refractivity contribution >= 4 is 43.9 Å². The highest BCUT2D eigenvalue weighted by atomic mass is 35.5. The number of hydrogen-bond donors (Lipinski definition) is 3. The first-order valence-corrected chi connectivity index (χ1v) is 10.2. The van der Waals surface area contributed by atoms with Crippen LogP contribution in [0.4, 0.5) is 0 Å². The number of sulfone groups is 1. The van der Waals surface area contributed by atoms with Gasteiger partial charge in [0.25, 0.3) is 0 Å². The predicted octanol–water partition coefficient (Wildman–Crippen LogP) is 3.02. The summed E-state index contributed by atoms with van der Waals surface area (Å²) >= 11 is 0. The summed E-state index contributed by atoms with van der Waals surface area (Å²) in [5, 5.41) is 12.4. The van der Waals surface area contributed by atoms with Crippen LogP contribution in [0.3, 0.4) is 0 Å². The average molecular weight is 417 g/mol. The van der Waals surface area contributed by atoms with Gasteiger partial charge in [-0.05, 0) is 29.1 Å². The fourth-order valence-electron chi connectivity index (χ4n) is 3.22. The summed E-state index contributed by atoms with van der Waals surface area (Å²) < 4.78 is 26.8. The molecule has 146 valence electrons. The van der Waals surface area contributed by atoms with Gasteiger partial charge in [-0.15, -0.1) is 12.4 Å². The van der Waals surface area contributed by atoms with Crippen molar-refractivity contribution in [1.82, 2.24) is 15.5 Å². The number of fused-ring (bicyclic) bond motifs is 2. The molecule has 4 N–H and O–H groups in total. The number of aromatic amines is 1. The zero-order chi connectivity index (χ0) is 18.9. The van der Waals surface area contributed by atoms with E-state index >= 15 is 0 Å². The Bertz CT molecular complexity index is 1220. The van der Waals surface area contributed by atoms with Crippen molar-refractivity contribution in [2.75, 3.05) is 13.1 Å². The molecule has 0 aliphatic heterocycles. The largest absolute Gasteiger partial charge is 0.329 e. The van der Waals surface area contributed by atoms with Crippen molar-refractivity contribution in [3.63, 3.8) is 0 Å². The van der Waals surface area contributed by atoms with Gasteiger partial charge in [-0.2, -0.15) is 5.10 Å². The maximum Gasteiger partial charge on any atom is 0.224 e. The van der Waals surface area contributed by atoms with E-state index in [1.165, 1.54) is 0 Å². The van der Waals surface area contributed by atoms with Crippen LogP contribution < -0.4 is 11.1 Å². The van der Waals surface area contributed by atoms with E-state index in [9.17, 15) is 8.42 Å². The Morgan fingerprint density at radius 1 is 1.00 bits per heavy atom. The Morgan fingerprint density at radius 3 is 2.61 bits per heavy atom. The molecule has 0 spiro atoms. The van der Waals surface area contributed by atoms with Gasteiger partial charge in [-0.25, -0.2) is 8.42 Å². The molecule has 0 saturated heterocycles. The molecule has 4 aromatic rings.